The van der Waals surface area contributed by atoms with E-state index in [0.717, 1.165) is 53.9 Å². The van der Waals surface area contributed by atoms with Gasteiger partial charge in [-0.05, 0) is 67.6 Å². The Morgan fingerprint density at radius 2 is 1.81 bits per heavy atom. The molecule has 194 valence electrons. The lowest BCUT2D eigenvalue weighted by atomic mass is 9.82. The third-order valence-electron chi connectivity index (χ3n) is 8.56. The molecule has 2 aliphatic heterocycles. The van der Waals surface area contributed by atoms with E-state index in [9.17, 15) is 9.59 Å². The lowest BCUT2D eigenvalue weighted by Gasteiger charge is -2.34. The fourth-order valence-corrected chi connectivity index (χ4v) is 6.41. The van der Waals surface area contributed by atoms with E-state index in [2.05, 4.69) is 22.3 Å². The van der Waals surface area contributed by atoms with Crippen LogP contribution in [0.3, 0.4) is 0 Å². The summed E-state index contributed by atoms with van der Waals surface area (Å²) in [5.41, 5.74) is 3.91. The Morgan fingerprint density at radius 3 is 2.51 bits per heavy atom. The number of carbonyl (C=O) groups excluding carboxylic acids is 2. The quantitative estimate of drug-likeness (QED) is 0.487. The molecule has 2 atom stereocenters. The van der Waals surface area contributed by atoms with Gasteiger partial charge in [0, 0.05) is 22.2 Å². The summed E-state index contributed by atoms with van der Waals surface area (Å²) in [6, 6.07) is 5.73. The maximum Gasteiger partial charge on any atom is 0.233 e. The molecule has 6 rings (SSSR count). The van der Waals surface area contributed by atoms with Crippen LogP contribution in [-0.2, 0) is 16.1 Å². The van der Waals surface area contributed by atoms with E-state index < -0.39 is 0 Å². The number of imide groups is 1. The van der Waals surface area contributed by atoms with Gasteiger partial charge in [0.25, 0.3) is 0 Å². The number of nitrogens with one attached hydrogen (secondary N) is 1. The van der Waals surface area contributed by atoms with Gasteiger partial charge in [0.05, 0.1) is 30.5 Å². The normalized spacial score (nSPS) is 24.0. The van der Waals surface area contributed by atoms with Crippen molar-refractivity contribution < 1.29 is 14.3 Å². The summed E-state index contributed by atoms with van der Waals surface area (Å²) >= 11 is 6.50. The average molecular weight is 522 g/mol. The van der Waals surface area contributed by atoms with E-state index in [4.69, 9.17) is 16.3 Å². The number of rotatable bonds is 6. The van der Waals surface area contributed by atoms with Crippen LogP contribution in [0.25, 0.3) is 16.8 Å². The summed E-state index contributed by atoms with van der Waals surface area (Å²) in [6.07, 6.45) is 5.47. The van der Waals surface area contributed by atoms with Gasteiger partial charge in [0.15, 0.2) is 0 Å². The maximum absolute atomic E-state index is 12.9. The van der Waals surface area contributed by atoms with E-state index in [1.54, 1.807) is 4.52 Å². The molecule has 3 fully saturated rings. The van der Waals surface area contributed by atoms with Crippen LogP contribution in [0.2, 0.25) is 5.02 Å². The van der Waals surface area contributed by atoms with Gasteiger partial charge in [-0.3, -0.25) is 14.5 Å². The summed E-state index contributed by atoms with van der Waals surface area (Å²) in [5, 5.41) is 8.41. The van der Waals surface area contributed by atoms with Crippen LogP contribution in [0, 0.1) is 29.6 Å². The van der Waals surface area contributed by atoms with Gasteiger partial charge in [0.2, 0.25) is 11.8 Å². The van der Waals surface area contributed by atoms with Gasteiger partial charge < -0.3 is 10.1 Å². The molecule has 0 spiro atoms. The lowest BCUT2D eigenvalue weighted by Crippen LogP contribution is -2.38. The zero-order valence-electron chi connectivity index (χ0n) is 21.7. The van der Waals surface area contributed by atoms with Crippen LogP contribution in [0.5, 0.6) is 5.75 Å². The van der Waals surface area contributed by atoms with Gasteiger partial charge in [-0.15, -0.1) is 0 Å². The van der Waals surface area contributed by atoms with E-state index >= 15 is 0 Å². The Morgan fingerprint density at radius 1 is 1.11 bits per heavy atom. The molecule has 2 aromatic heterocycles. The average Bonchev–Trinajstić information content (AvgIpc) is 3.09. The predicted octanol–water partition coefficient (Wildman–Crippen LogP) is 4.27. The molecule has 37 heavy (non-hydrogen) atoms. The second-order valence-corrected chi connectivity index (χ2v) is 12.2. The summed E-state index contributed by atoms with van der Waals surface area (Å²) in [5.74, 6) is 0.231. The number of fused-ring (bicyclic) bond motifs is 2. The Kier molecular flexibility index (Phi) is 5.62. The largest absolute Gasteiger partial charge is 0.492 e. The van der Waals surface area contributed by atoms with E-state index in [-0.39, 0.29) is 41.0 Å². The minimum atomic E-state index is -0.221. The molecule has 0 radical (unpaired) electrons. The molecule has 2 saturated heterocycles. The molecule has 0 bridgehead atoms. The monoisotopic (exact) mass is 521 g/mol. The molecular weight excluding hydrogens is 490 g/mol. The zero-order valence-corrected chi connectivity index (χ0v) is 22.4. The second kappa shape index (κ2) is 8.53. The Bertz CT molecular complexity index is 1400. The third kappa shape index (κ3) is 4.01. The molecular formula is C28H32ClN5O3. The first-order chi connectivity index (χ1) is 17.6. The minimum Gasteiger partial charge on any atom is -0.492 e. The van der Waals surface area contributed by atoms with Crippen molar-refractivity contribution in [1.82, 2.24) is 24.8 Å². The van der Waals surface area contributed by atoms with Crippen molar-refractivity contribution in [2.45, 2.75) is 47.1 Å². The van der Waals surface area contributed by atoms with Gasteiger partial charge in [-0.2, -0.15) is 5.10 Å². The van der Waals surface area contributed by atoms with Crippen LogP contribution in [0.15, 0.2) is 30.7 Å². The smallest absolute Gasteiger partial charge is 0.233 e. The number of aromatic nitrogens is 3. The van der Waals surface area contributed by atoms with Crippen LogP contribution in [0.1, 0.15) is 44.7 Å². The van der Waals surface area contributed by atoms with Crippen molar-refractivity contribution in [2.24, 2.45) is 22.7 Å². The summed E-state index contributed by atoms with van der Waals surface area (Å²) in [4.78, 5) is 31.7. The maximum atomic E-state index is 12.9. The van der Waals surface area contributed by atoms with Crippen LogP contribution in [-0.4, -0.2) is 51.0 Å². The minimum absolute atomic E-state index is 0.0749. The molecule has 8 nitrogen and oxygen atoms in total. The molecule has 9 heteroatoms. The SMILES string of the molecule is Cc1cc(Cl)cc(-c2ncnn3cc(CN4C(=O)C5C(C4=O)C5(C)C)cc23)c1OCC1(C)CCNCC1. The molecule has 3 aliphatic rings. The van der Waals surface area contributed by atoms with Crippen molar-refractivity contribution in [3.8, 4) is 17.0 Å². The van der Waals surface area contributed by atoms with Crippen molar-refractivity contribution in [3.63, 3.8) is 0 Å². The standard InChI is InChI=1S/C28H32ClN5O3/c1-16-9-18(29)11-19(24(16)37-14-28(4)5-7-30-8-6-28)23-20-10-17(13-34(20)32-15-31-23)12-33-25(35)21-22(26(33)36)27(21,2)3/h9-11,13,15,21-22,30H,5-8,12,14H2,1-4H3. The number of aryl methyl sites for hydroxylation is 1. The van der Waals surface area contributed by atoms with E-state index in [1.807, 2.05) is 45.2 Å². The van der Waals surface area contributed by atoms with Crippen molar-refractivity contribution >= 4 is 28.9 Å². The highest BCUT2D eigenvalue weighted by molar-refractivity contribution is 6.31. The summed E-state index contributed by atoms with van der Waals surface area (Å²) in [6.45, 7) is 11.1. The third-order valence-corrected chi connectivity index (χ3v) is 8.78. The second-order valence-electron chi connectivity index (χ2n) is 11.8. The number of piperidine rings is 2. The van der Waals surface area contributed by atoms with Crippen molar-refractivity contribution in [1.29, 1.82) is 0 Å². The fraction of sp³-hybridized carbons (Fsp3) is 0.500. The number of ether oxygens (including phenoxy) is 1. The van der Waals surface area contributed by atoms with Crippen LogP contribution in [0.4, 0.5) is 0 Å². The van der Waals surface area contributed by atoms with E-state index in [1.165, 1.54) is 11.2 Å². The number of hydrogen-bond donors (Lipinski definition) is 1. The highest BCUT2D eigenvalue weighted by atomic mass is 35.5. The highest BCUT2D eigenvalue weighted by Gasteiger charge is 2.72. The van der Waals surface area contributed by atoms with Crippen LogP contribution < -0.4 is 10.1 Å². The number of halogens is 1. The number of amides is 2. The lowest BCUT2D eigenvalue weighted by molar-refractivity contribution is -0.143. The Hall–Kier alpha value is -2.97. The molecule has 1 aliphatic carbocycles. The van der Waals surface area contributed by atoms with Crippen molar-refractivity contribution in [2.75, 3.05) is 19.7 Å². The van der Waals surface area contributed by atoms with E-state index in [0.29, 0.717) is 17.3 Å². The zero-order chi connectivity index (χ0) is 26.1. The van der Waals surface area contributed by atoms with Gasteiger partial charge >= 0.3 is 0 Å². The fourth-order valence-electron chi connectivity index (χ4n) is 6.14. The summed E-state index contributed by atoms with van der Waals surface area (Å²) in [7, 11) is 0. The first-order valence-electron chi connectivity index (χ1n) is 12.9. The highest BCUT2D eigenvalue weighted by Crippen LogP contribution is 2.63. The Labute approximate surface area is 221 Å². The number of benzene rings is 1. The topological polar surface area (TPSA) is 88.8 Å². The van der Waals surface area contributed by atoms with Gasteiger partial charge in [-0.25, -0.2) is 9.50 Å². The molecule has 1 aromatic carbocycles. The van der Waals surface area contributed by atoms with Crippen molar-refractivity contribution in [3.05, 3.63) is 46.9 Å². The number of nitrogens with zero attached hydrogens (tertiary/aromatic N) is 4. The molecule has 4 heterocycles. The summed E-state index contributed by atoms with van der Waals surface area (Å²) < 4.78 is 8.23. The van der Waals surface area contributed by atoms with Gasteiger partial charge in [-0.1, -0.05) is 32.4 Å². The molecule has 3 aromatic rings. The number of likely N-dealkylation sites (tertiary alicyclic amines) is 1. The molecule has 2 unspecified atom stereocenters. The molecule has 1 saturated carbocycles. The first kappa shape index (κ1) is 24.4. The first-order valence-corrected chi connectivity index (χ1v) is 13.3. The number of carbonyl (C=O) groups is 2. The predicted molar refractivity (Wildman–Crippen MR) is 140 cm³/mol. The van der Waals surface area contributed by atoms with Crippen LogP contribution >= 0.6 is 11.6 Å². The molecule has 2 amide bonds. The molecule has 1 N–H and O–H groups in total. The van der Waals surface area contributed by atoms with Gasteiger partial charge in [0.1, 0.15) is 17.8 Å². The number of hydrogen-bond acceptors (Lipinski definition) is 6. The Balaban J connectivity index is 1.32.